The normalized spacial score (nSPS) is 11.2. The summed E-state index contributed by atoms with van der Waals surface area (Å²) in [5.41, 5.74) is 6.63. The van der Waals surface area contributed by atoms with Crippen LogP contribution in [0.25, 0.3) is 21.9 Å². The molecular formula is C13H11FN4. The Balaban J connectivity index is 2.45. The Kier molecular flexibility index (Phi) is 2.33. The zero-order chi connectivity index (χ0) is 12.7. The molecule has 2 heterocycles. The molecule has 90 valence electrons. The van der Waals surface area contributed by atoms with Crippen LogP contribution in [-0.2, 0) is 6.42 Å². The molecule has 0 fully saturated rings. The second-order valence-electron chi connectivity index (χ2n) is 4.05. The van der Waals surface area contributed by atoms with Gasteiger partial charge in [0.25, 0.3) is 0 Å². The zero-order valence-corrected chi connectivity index (χ0v) is 9.81. The molecule has 0 amide bonds. The largest absolute Gasteiger partial charge is 0.383 e. The average molecular weight is 242 g/mol. The molecule has 1 aromatic carbocycles. The van der Waals surface area contributed by atoms with Crippen molar-refractivity contribution in [3.8, 4) is 0 Å². The average Bonchev–Trinajstić information content (AvgIpc) is 2.38. The minimum Gasteiger partial charge on any atom is -0.383 e. The van der Waals surface area contributed by atoms with Crippen LogP contribution in [0.2, 0.25) is 0 Å². The molecule has 0 atom stereocenters. The summed E-state index contributed by atoms with van der Waals surface area (Å²) in [5.74, 6) is 0.642. The van der Waals surface area contributed by atoms with Crippen LogP contribution in [0, 0.1) is 5.82 Å². The predicted octanol–water partition coefficient (Wildman–Crippen LogP) is 2.46. The third kappa shape index (κ3) is 1.55. The molecular weight excluding hydrogens is 231 g/mol. The van der Waals surface area contributed by atoms with Gasteiger partial charge in [-0.05, 0) is 12.1 Å². The maximum atomic E-state index is 13.7. The SMILES string of the molecule is CCc1nc(N)c2cc3cccc(F)c3nc2n1. The first-order valence-electron chi connectivity index (χ1n) is 5.70. The molecule has 18 heavy (non-hydrogen) atoms. The number of anilines is 1. The molecule has 0 radical (unpaired) electrons. The summed E-state index contributed by atoms with van der Waals surface area (Å²) >= 11 is 0. The number of hydrogen-bond acceptors (Lipinski definition) is 4. The monoisotopic (exact) mass is 242 g/mol. The maximum absolute atomic E-state index is 13.7. The molecule has 5 heteroatoms. The number of fused-ring (bicyclic) bond motifs is 2. The van der Waals surface area contributed by atoms with Gasteiger partial charge >= 0.3 is 0 Å². The molecule has 2 aromatic heterocycles. The molecule has 0 aliphatic rings. The topological polar surface area (TPSA) is 64.7 Å². The zero-order valence-electron chi connectivity index (χ0n) is 9.81. The van der Waals surface area contributed by atoms with Crippen LogP contribution >= 0.6 is 0 Å². The quantitative estimate of drug-likeness (QED) is 0.666. The summed E-state index contributed by atoms with van der Waals surface area (Å²) in [6.45, 7) is 1.93. The van der Waals surface area contributed by atoms with E-state index in [1.54, 1.807) is 18.2 Å². The summed E-state index contributed by atoms with van der Waals surface area (Å²) in [7, 11) is 0. The van der Waals surface area contributed by atoms with E-state index >= 15 is 0 Å². The second-order valence-corrected chi connectivity index (χ2v) is 4.05. The van der Waals surface area contributed by atoms with E-state index < -0.39 is 0 Å². The number of benzene rings is 1. The lowest BCUT2D eigenvalue weighted by Gasteiger charge is -2.05. The lowest BCUT2D eigenvalue weighted by molar-refractivity contribution is 0.637. The molecule has 0 bridgehead atoms. The fourth-order valence-corrected chi connectivity index (χ4v) is 1.93. The Morgan fingerprint density at radius 3 is 2.83 bits per heavy atom. The number of para-hydroxylation sites is 1. The summed E-state index contributed by atoms with van der Waals surface area (Å²) in [5, 5.41) is 1.35. The summed E-state index contributed by atoms with van der Waals surface area (Å²) in [6, 6.07) is 6.59. The molecule has 0 aliphatic heterocycles. The molecule has 0 saturated heterocycles. The van der Waals surface area contributed by atoms with Gasteiger partial charge in [-0.1, -0.05) is 19.1 Å². The first-order chi connectivity index (χ1) is 8.69. The first kappa shape index (κ1) is 10.8. The van der Waals surface area contributed by atoms with Gasteiger partial charge < -0.3 is 5.73 Å². The number of nitrogens with zero attached hydrogens (tertiary/aromatic N) is 3. The van der Waals surface area contributed by atoms with E-state index in [1.807, 2.05) is 6.92 Å². The number of aryl methyl sites for hydroxylation is 1. The maximum Gasteiger partial charge on any atom is 0.165 e. The van der Waals surface area contributed by atoms with Gasteiger partial charge in [-0.25, -0.2) is 19.3 Å². The van der Waals surface area contributed by atoms with Gasteiger partial charge in [0.2, 0.25) is 0 Å². The van der Waals surface area contributed by atoms with Crippen molar-refractivity contribution in [1.29, 1.82) is 0 Å². The van der Waals surface area contributed by atoms with Crippen LogP contribution in [0.4, 0.5) is 10.2 Å². The van der Waals surface area contributed by atoms with E-state index in [0.717, 1.165) is 0 Å². The van der Waals surface area contributed by atoms with Crippen molar-refractivity contribution in [3.63, 3.8) is 0 Å². The van der Waals surface area contributed by atoms with E-state index in [4.69, 9.17) is 5.73 Å². The van der Waals surface area contributed by atoms with Crippen molar-refractivity contribution < 1.29 is 4.39 Å². The molecule has 4 nitrogen and oxygen atoms in total. The third-order valence-electron chi connectivity index (χ3n) is 2.85. The van der Waals surface area contributed by atoms with E-state index in [0.29, 0.717) is 40.0 Å². The highest BCUT2D eigenvalue weighted by Gasteiger charge is 2.09. The van der Waals surface area contributed by atoms with Crippen molar-refractivity contribution in [2.24, 2.45) is 0 Å². The number of rotatable bonds is 1. The van der Waals surface area contributed by atoms with Gasteiger partial charge in [0, 0.05) is 11.8 Å². The highest BCUT2D eigenvalue weighted by molar-refractivity contribution is 5.95. The van der Waals surface area contributed by atoms with Crippen molar-refractivity contribution in [2.75, 3.05) is 5.73 Å². The van der Waals surface area contributed by atoms with Crippen LogP contribution in [-0.4, -0.2) is 15.0 Å². The summed E-state index contributed by atoms with van der Waals surface area (Å²) in [6.07, 6.45) is 0.664. The van der Waals surface area contributed by atoms with E-state index in [-0.39, 0.29) is 5.82 Å². The Bertz CT molecular complexity index is 755. The van der Waals surface area contributed by atoms with Crippen molar-refractivity contribution >= 4 is 27.8 Å². The number of nitrogens with two attached hydrogens (primary N) is 1. The van der Waals surface area contributed by atoms with E-state index in [1.165, 1.54) is 6.07 Å². The standard InChI is InChI=1S/C13H11FN4/c1-2-10-16-12(15)8-6-7-4-3-5-9(14)11(7)18-13(8)17-10/h3-6H,2H2,1H3,(H2,15,16,17,18). The number of halogens is 1. The van der Waals surface area contributed by atoms with Crippen LogP contribution in [0.1, 0.15) is 12.7 Å². The van der Waals surface area contributed by atoms with Crippen LogP contribution in [0.5, 0.6) is 0 Å². The fraction of sp³-hybridized carbons (Fsp3) is 0.154. The van der Waals surface area contributed by atoms with Gasteiger partial charge in [0.15, 0.2) is 5.65 Å². The lowest BCUT2D eigenvalue weighted by atomic mass is 10.1. The number of pyridine rings is 1. The molecule has 3 rings (SSSR count). The Morgan fingerprint density at radius 1 is 1.22 bits per heavy atom. The Labute approximate surface area is 103 Å². The molecule has 0 spiro atoms. The molecule has 3 aromatic rings. The smallest absolute Gasteiger partial charge is 0.165 e. The fourth-order valence-electron chi connectivity index (χ4n) is 1.93. The number of aromatic nitrogens is 3. The van der Waals surface area contributed by atoms with Gasteiger partial charge in [0.05, 0.1) is 5.39 Å². The van der Waals surface area contributed by atoms with E-state index in [2.05, 4.69) is 15.0 Å². The van der Waals surface area contributed by atoms with Crippen LogP contribution in [0.3, 0.4) is 0 Å². The van der Waals surface area contributed by atoms with E-state index in [9.17, 15) is 4.39 Å². The van der Waals surface area contributed by atoms with Crippen molar-refractivity contribution in [3.05, 3.63) is 35.9 Å². The third-order valence-corrected chi connectivity index (χ3v) is 2.85. The number of hydrogen-bond donors (Lipinski definition) is 1. The van der Waals surface area contributed by atoms with Crippen LogP contribution < -0.4 is 5.73 Å². The van der Waals surface area contributed by atoms with Crippen molar-refractivity contribution in [2.45, 2.75) is 13.3 Å². The molecule has 0 saturated carbocycles. The number of nitrogen functional groups attached to an aromatic ring is 1. The molecule has 0 unspecified atom stereocenters. The Morgan fingerprint density at radius 2 is 2.06 bits per heavy atom. The molecule has 0 aliphatic carbocycles. The highest BCUT2D eigenvalue weighted by atomic mass is 19.1. The van der Waals surface area contributed by atoms with Gasteiger partial charge in [-0.15, -0.1) is 0 Å². The van der Waals surface area contributed by atoms with Crippen molar-refractivity contribution in [1.82, 2.24) is 15.0 Å². The van der Waals surface area contributed by atoms with Crippen LogP contribution in [0.15, 0.2) is 24.3 Å². The first-order valence-corrected chi connectivity index (χ1v) is 5.70. The molecule has 2 N–H and O–H groups in total. The second kappa shape index (κ2) is 3.87. The minimum absolute atomic E-state index is 0.310. The highest BCUT2D eigenvalue weighted by Crippen LogP contribution is 2.23. The summed E-state index contributed by atoms with van der Waals surface area (Å²) < 4.78 is 13.7. The van der Waals surface area contributed by atoms with Gasteiger partial charge in [0.1, 0.15) is 23.0 Å². The minimum atomic E-state index is -0.357. The van der Waals surface area contributed by atoms with Gasteiger partial charge in [-0.2, -0.15) is 0 Å². The predicted molar refractivity (Wildman–Crippen MR) is 68.6 cm³/mol. The lowest BCUT2D eigenvalue weighted by Crippen LogP contribution is -2.01. The Hall–Kier alpha value is -2.30. The van der Waals surface area contributed by atoms with Gasteiger partial charge in [-0.3, -0.25) is 0 Å². The summed E-state index contributed by atoms with van der Waals surface area (Å²) in [4.78, 5) is 12.7.